The lowest BCUT2D eigenvalue weighted by atomic mass is 10.3. The van der Waals surface area contributed by atoms with Crippen LogP contribution in [-0.4, -0.2) is 16.1 Å². The summed E-state index contributed by atoms with van der Waals surface area (Å²) in [6.07, 6.45) is 8.05. The molecule has 13 heavy (non-hydrogen) atoms. The Labute approximate surface area is 77.1 Å². The first kappa shape index (κ1) is 8.29. The molecule has 1 saturated carbocycles. The van der Waals surface area contributed by atoms with E-state index < -0.39 is 0 Å². The lowest BCUT2D eigenvalue weighted by Crippen LogP contribution is -2.13. The maximum absolute atomic E-state index is 5.65. The van der Waals surface area contributed by atoms with Gasteiger partial charge in [-0.3, -0.25) is 0 Å². The quantitative estimate of drug-likeness (QED) is 0.745. The zero-order chi connectivity index (χ0) is 9.10. The Hall–Kier alpha value is -1.32. The molecule has 1 aliphatic carbocycles. The molecule has 0 aromatic carbocycles. The van der Waals surface area contributed by atoms with Crippen LogP contribution in [0.2, 0.25) is 0 Å². The zero-order valence-electron chi connectivity index (χ0n) is 7.44. The van der Waals surface area contributed by atoms with Crippen molar-refractivity contribution in [1.29, 1.82) is 0 Å². The number of nitrogens with zero attached hydrogens (tertiary/aromatic N) is 2. The van der Waals surface area contributed by atoms with Gasteiger partial charge in [-0.2, -0.15) is 4.98 Å². The average molecular weight is 179 g/mol. The number of hydrogen-bond donors (Lipinski definition) is 1. The summed E-state index contributed by atoms with van der Waals surface area (Å²) in [5.41, 5.74) is 6.17. The molecule has 0 unspecified atom stereocenters. The van der Waals surface area contributed by atoms with Gasteiger partial charge < -0.3 is 10.5 Å². The Morgan fingerprint density at radius 3 is 2.85 bits per heavy atom. The number of ether oxygens (including phenoxy) is 1. The van der Waals surface area contributed by atoms with Gasteiger partial charge in [-0.1, -0.05) is 0 Å². The van der Waals surface area contributed by atoms with Crippen LogP contribution in [0.5, 0.6) is 5.88 Å². The van der Waals surface area contributed by atoms with E-state index in [4.69, 9.17) is 10.5 Å². The Morgan fingerprint density at radius 2 is 2.15 bits per heavy atom. The number of nitrogen functional groups attached to an aromatic ring is 1. The van der Waals surface area contributed by atoms with Crippen molar-refractivity contribution in [3.8, 4) is 5.88 Å². The van der Waals surface area contributed by atoms with E-state index >= 15 is 0 Å². The van der Waals surface area contributed by atoms with Crippen molar-refractivity contribution in [3.05, 3.63) is 12.5 Å². The molecule has 1 aromatic rings. The molecule has 1 aromatic heterocycles. The highest BCUT2D eigenvalue weighted by Crippen LogP contribution is 2.25. The summed E-state index contributed by atoms with van der Waals surface area (Å²) in [6.45, 7) is 0. The molecule has 2 rings (SSSR count). The van der Waals surface area contributed by atoms with Gasteiger partial charge in [0, 0.05) is 0 Å². The number of rotatable bonds is 2. The zero-order valence-corrected chi connectivity index (χ0v) is 7.44. The van der Waals surface area contributed by atoms with Crippen molar-refractivity contribution in [2.45, 2.75) is 31.8 Å². The molecule has 0 atom stereocenters. The molecule has 0 radical (unpaired) electrons. The molecule has 0 amide bonds. The van der Waals surface area contributed by atoms with E-state index in [0.717, 1.165) is 12.8 Å². The van der Waals surface area contributed by atoms with Crippen molar-refractivity contribution in [2.24, 2.45) is 0 Å². The Kier molecular flexibility index (Phi) is 2.29. The maximum Gasteiger partial charge on any atom is 0.240 e. The summed E-state index contributed by atoms with van der Waals surface area (Å²) >= 11 is 0. The highest BCUT2D eigenvalue weighted by atomic mass is 16.5. The van der Waals surface area contributed by atoms with Gasteiger partial charge in [0.25, 0.3) is 0 Å². The summed E-state index contributed by atoms with van der Waals surface area (Å²) in [5, 5.41) is 0. The molecule has 1 heterocycles. The van der Waals surface area contributed by atoms with Crippen LogP contribution in [0.15, 0.2) is 12.5 Å². The van der Waals surface area contributed by atoms with Gasteiger partial charge in [-0.25, -0.2) is 4.98 Å². The predicted octanol–water partition coefficient (Wildman–Crippen LogP) is 1.38. The van der Waals surface area contributed by atoms with E-state index in [1.165, 1.54) is 19.2 Å². The topological polar surface area (TPSA) is 61.0 Å². The van der Waals surface area contributed by atoms with E-state index in [0.29, 0.717) is 17.7 Å². The first-order chi connectivity index (χ1) is 6.36. The minimum Gasteiger partial charge on any atom is -0.473 e. The van der Waals surface area contributed by atoms with E-state index in [1.807, 2.05) is 0 Å². The van der Waals surface area contributed by atoms with Gasteiger partial charge >= 0.3 is 0 Å². The van der Waals surface area contributed by atoms with Gasteiger partial charge in [-0.15, -0.1) is 0 Å². The molecule has 0 bridgehead atoms. The van der Waals surface area contributed by atoms with Crippen LogP contribution in [0.25, 0.3) is 0 Å². The molecule has 2 N–H and O–H groups in total. The predicted molar refractivity (Wildman–Crippen MR) is 49.3 cm³/mol. The SMILES string of the molecule is Nc1cncnc1OC1CCCC1. The third-order valence-electron chi connectivity index (χ3n) is 2.28. The molecule has 0 saturated heterocycles. The number of nitrogens with two attached hydrogens (primary N) is 1. The van der Waals surface area contributed by atoms with E-state index in [2.05, 4.69) is 9.97 Å². The standard InChI is InChI=1S/C9H13N3O/c10-8-5-11-6-12-9(8)13-7-3-1-2-4-7/h5-7H,1-4,10H2. The molecule has 1 aliphatic rings. The summed E-state index contributed by atoms with van der Waals surface area (Å²) in [5.74, 6) is 0.530. The fraction of sp³-hybridized carbons (Fsp3) is 0.556. The number of aromatic nitrogens is 2. The molecule has 70 valence electrons. The van der Waals surface area contributed by atoms with E-state index in [-0.39, 0.29) is 0 Å². The fourth-order valence-electron chi connectivity index (χ4n) is 1.59. The van der Waals surface area contributed by atoms with E-state index in [9.17, 15) is 0 Å². The Bertz CT molecular complexity index is 284. The van der Waals surface area contributed by atoms with Crippen LogP contribution in [0.1, 0.15) is 25.7 Å². The monoisotopic (exact) mass is 179 g/mol. The van der Waals surface area contributed by atoms with Crippen LogP contribution in [0.3, 0.4) is 0 Å². The van der Waals surface area contributed by atoms with Crippen molar-refractivity contribution in [2.75, 3.05) is 5.73 Å². The second-order valence-electron chi connectivity index (χ2n) is 3.31. The largest absolute Gasteiger partial charge is 0.473 e. The first-order valence-electron chi connectivity index (χ1n) is 4.58. The van der Waals surface area contributed by atoms with Crippen LogP contribution in [0, 0.1) is 0 Å². The van der Waals surface area contributed by atoms with Gasteiger partial charge in [0.1, 0.15) is 18.1 Å². The minimum absolute atomic E-state index is 0.303. The molecule has 4 nitrogen and oxygen atoms in total. The van der Waals surface area contributed by atoms with Crippen LogP contribution in [-0.2, 0) is 0 Å². The molecular weight excluding hydrogens is 166 g/mol. The molecule has 4 heteroatoms. The first-order valence-corrected chi connectivity index (χ1v) is 4.58. The third kappa shape index (κ3) is 1.88. The highest BCUT2D eigenvalue weighted by molar-refractivity contribution is 5.44. The van der Waals surface area contributed by atoms with Crippen molar-refractivity contribution >= 4 is 5.69 Å². The van der Waals surface area contributed by atoms with E-state index in [1.54, 1.807) is 6.20 Å². The summed E-state index contributed by atoms with van der Waals surface area (Å²) in [7, 11) is 0. The fourth-order valence-corrected chi connectivity index (χ4v) is 1.59. The molecule has 0 aliphatic heterocycles. The number of anilines is 1. The second kappa shape index (κ2) is 3.60. The molecule has 0 spiro atoms. The van der Waals surface area contributed by atoms with Crippen molar-refractivity contribution in [1.82, 2.24) is 9.97 Å². The van der Waals surface area contributed by atoms with Gasteiger partial charge in [0.15, 0.2) is 0 Å². The van der Waals surface area contributed by atoms with Gasteiger partial charge in [-0.05, 0) is 25.7 Å². The average Bonchev–Trinajstić information content (AvgIpc) is 2.61. The minimum atomic E-state index is 0.303. The smallest absolute Gasteiger partial charge is 0.240 e. The summed E-state index contributed by atoms with van der Waals surface area (Å²) in [6, 6.07) is 0. The lowest BCUT2D eigenvalue weighted by Gasteiger charge is -2.12. The Balaban J connectivity index is 2.04. The Morgan fingerprint density at radius 1 is 1.38 bits per heavy atom. The molecule has 1 fully saturated rings. The maximum atomic E-state index is 5.65. The highest BCUT2D eigenvalue weighted by Gasteiger charge is 2.17. The lowest BCUT2D eigenvalue weighted by molar-refractivity contribution is 0.202. The number of hydrogen-bond acceptors (Lipinski definition) is 4. The summed E-state index contributed by atoms with van der Waals surface area (Å²) in [4.78, 5) is 7.79. The van der Waals surface area contributed by atoms with Crippen LogP contribution < -0.4 is 10.5 Å². The third-order valence-corrected chi connectivity index (χ3v) is 2.28. The normalized spacial score (nSPS) is 17.5. The van der Waals surface area contributed by atoms with Gasteiger partial charge in [0.2, 0.25) is 5.88 Å². The molecular formula is C9H13N3O. The van der Waals surface area contributed by atoms with Crippen LogP contribution >= 0.6 is 0 Å². The summed E-state index contributed by atoms with van der Waals surface area (Å²) < 4.78 is 5.63. The second-order valence-corrected chi connectivity index (χ2v) is 3.31. The van der Waals surface area contributed by atoms with Crippen molar-refractivity contribution in [3.63, 3.8) is 0 Å². The van der Waals surface area contributed by atoms with Crippen molar-refractivity contribution < 1.29 is 4.74 Å². The van der Waals surface area contributed by atoms with Crippen LogP contribution in [0.4, 0.5) is 5.69 Å². The van der Waals surface area contributed by atoms with Gasteiger partial charge in [0.05, 0.1) is 6.20 Å².